The molecule has 100 valence electrons. The number of aromatic nitrogens is 3. The summed E-state index contributed by atoms with van der Waals surface area (Å²) in [5, 5.41) is 6.54. The van der Waals surface area contributed by atoms with Crippen LogP contribution < -0.4 is 0 Å². The molecule has 6 heteroatoms. The maximum Gasteiger partial charge on any atom is 0.228 e. The summed E-state index contributed by atoms with van der Waals surface area (Å²) in [6.07, 6.45) is 4.27. The van der Waals surface area contributed by atoms with Gasteiger partial charge in [0.1, 0.15) is 12.2 Å². The van der Waals surface area contributed by atoms with E-state index in [1.54, 1.807) is 11.9 Å². The van der Waals surface area contributed by atoms with Crippen LogP contribution in [-0.4, -0.2) is 45.7 Å². The minimum atomic E-state index is -0.0170. The van der Waals surface area contributed by atoms with Crippen molar-refractivity contribution in [3.05, 3.63) is 12.2 Å². The van der Waals surface area contributed by atoms with Gasteiger partial charge in [0, 0.05) is 13.7 Å². The first kappa shape index (κ1) is 13.0. The second-order valence-corrected chi connectivity index (χ2v) is 4.69. The van der Waals surface area contributed by atoms with Crippen LogP contribution in [0.5, 0.6) is 0 Å². The number of nitrogens with zero attached hydrogens (tertiary/aromatic N) is 3. The molecule has 18 heavy (non-hydrogen) atoms. The smallest absolute Gasteiger partial charge is 0.228 e. The number of amides is 1. The Labute approximate surface area is 107 Å². The van der Waals surface area contributed by atoms with E-state index in [4.69, 9.17) is 4.74 Å². The van der Waals surface area contributed by atoms with Gasteiger partial charge in [-0.2, -0.15) is 5.10 Å². The molecule has 1 aromatic heterocycles. The Morgan fingerprint density at radius 3 is 3.17 bits per heavy atom. The highest BCUT2D eigenvalue weighted by Crippen LogP contribution is 2.25. The van der Waals surface area contributed by atoms with Crippen LogP contribution in [0.1, 0.15) is 32.0 Å². The van der Waals surface area contributed by atoms with E-state index in [1.165, 1.54) is 6.33 Å². The average Bonchev–Trinajstić information content (AvgIpc) is 2.90. The lowest BCUT2D eigenvalue weighted by atomic mass is 9.91. The van der Waals surface area contributed by atoms with Crippen molar-refractivity contribution in [2.24, 2.45) is 5.92 Å². The molecule has 1 N–H and O–H groups in total. The number of rotatable bonds is 4. The summed E-state index contributed by atoms with van der Waals surface area (Å²) in [4.78, 5) is 18.1. The summed E-state index contributed by atoms with van der Waals surface area (Å²) in [5.41, 5.74) is 0. The zero-order valence-corrected chi connectivity index (χ0v) is 10.9. The zero-order valence-electron chi connectivity index (χ0n) is 10.9. The van der Waals surface area contributed by atoms with Gasteiger partial charge in [-0.05, 0) is 19.3 Å². The predicted octanol–water partition coefficient (Wildman–Crippen LogP) is 0.968. The van der Waals surface area contributed by atoms with Gasteiger partial charge in [0.15, 0.2) is 0 Å². The van der Waals surface area contributed by atoms with E-state index in [-0.39, 0.29) is 17.9 Å². The standard InChI is InChI=1S/C12H20N4O2/c1-3-10-9(5-4-6-18-10)12(17)16(2)7-11-13-8-14-15-11/h8-10H,3-7H2,1-2H3,(H,13,14,15). The van der Waals surface area contributed by atoms with E-state index < -0.39 is 0 Å². The summed E-state index contributed by atoms with van der Waals surface area (Å²) in [7, 11) is 1.80. The lowest BCUT2D eigenvalue weighted by Crippen LogP contribution is -2.42. The molecule has 1 aliphatic rings. The van der Waals surface area contributed by atoms with Gasteiger partial charge in [-0.1, -0.05) is 6.92 Å². The molecule has 2 unspecified atom stereocenters. The van der Waals surface area contributed by atoms with Crippen molar-refractivity contribution in [3.63, 3.8) is 0 Å². The Morgan fingerprint density at radius 1 is 1.67 bits per heavy atom. The minimum absolute atomic E-state index is 0.0170. The lowest BCUT2D eigenvalue weighted by molar-refractivity contribution is -0.144. The Morgan fingerprint density at radius 2 is 2.50 bits per heavy atom. The highest BCUT2D eigenvalue weighted by Gasteiger charge is 2.32. The van der Waals surface area contributed by atoms with E-state index in [0.717, 1.165) is 25.9 Å². The molecule has 2 atom stereocenters. The number of nitrogens with one attached hydrogen (secondary N) is 1. The molecule has 2 rings (SSSR count). The first-order valence-electron chi connectivity index (χ1n) is 6.43. The summed E-state index contributed by atoms with van der Waals surface area (Å²) in [6.45, 7) is 3.30. The summed E-state index contributed by atoms with van der Waals surface area (Å²) < 4.78 is 5.66. The maximum atomic E-state index is 12.4. The third-order valence-corrected chi connectivity index (χ3v) is 3.39. The van der Waals surface area contributed by atoms with E-state index in [9.17, 15) is 4.79 Å². The van der Waals surface area contributed by atoms with Gasteiger partial charge in [0.2, 0.25) is 5.91 Å². The fraction of sp³-hybridized carbons (Fsp3) is 0.750. The number of hydrogen-bond donors (Lipinski definition) is 1. The highest BCUT2D eigenvalue weighted by atomic mass is 16.5. The molecule has 1 saturated heterocycles. The monoisotopic (exact) mass is 252 g/mol. The average molecular weight is 252 g/mol. The van der Waals surface area contributed by atoms with Crippen LogP contribution in [0.25, 0.3) is 0 Å². The van der Waals surface area contributed by atoms with Gasteiger partial charge < -0.3 is 9.64 Å². The summed E-state index contributed by atoms with van der Waals surface area (Å²) in [6, 6.07) is 0. The number of ether oxygens (including phenoxy) is 1. The molecule has 1 aromatic rings. The van der Waals surface area contributed by atoms with Crippen LogP contribution in [0.4, 0.5) is 0 Å². The van der Waals surface area contributed by atoms with Gasteiger partial charge in [0.25, 0.3) is 0 Å². The Kier molecular flexibility index (Phi) is 4.30. The van der Waals surface area contributed by atoms with Crippen molar-refractivity contribution in [2.75, 3.05) is 13.7 Å². The van der Waals surface area contributed by atoms with Crippen LogP contribution in [0.2, 0.25) is 0 Å². The van der Waals surface area contributed by atoms with E-state index in [2.05, 4.69) is 22.1 Å². The number of carbonyl (C=O) groups excluding carboxylic acids is 1. The van der Waals surface area contributed by atoms with Gasteiger partial charge in [-0.15, -0.1) is 0 Å². The van der Waals surface area contributed by atoms with E-state index >= 15 is 0 Å². The zero-order chi connectivity index (χ0) is 13.0. The Balaban J connectivity index is 1.96. The molecule has 6 nitrogen and oxygen atoms in total. The van der Waals surface area contributed by atoms with Gasteiger partial charge in [0.05, 0.1) is 18.6 Å². The van der Waals surface area contributed by atoms with Crippen LogP contribution in [0.15, 0.2) is 6.33 Å². The molecule has 0 radical (unpaired) electrons. The molecular weight excluding hydrogens is 232 g/mol. The molecule has 2 heterocycles. The molecule has 0 aliphatic carbocycles. The quantitative estimate of drug-likeness (QED) is 0.866. The largest absolute Gasteiger partial charge is 0.377 e. The van der Waals surface area contributed by atoms with Crippen molar-refractivity contribution in [2.45, 2.75) is 38.8 Å². The van der Waals surface area contributed by atoms with Crippen molar-refractivity contribution < 1.29 is 9.53 Å². The number of H-pyrrole nitrogens is 1. The maximum absolute atomic E-state index is 12.4. The highest BCUT2D eigenvalue weighted by molar-refractivity contribution is 5.79. The van der Waals surface area contributed by atoms with Crippen molar-refractivity contribution in [3.8, 4) is 0 Å². The third-order valence-electron chi connectivity index (χ3n) is 3.39. The molecule has 1 fully saturated rings. The Bertz CT molecular complexity index is 379. The predicted molar refractivity (Wildman–Crippen MR) is 65.6 cm³/mol. The topological polar surface area (TPSA) is 71.1 Å². The number of aromatic amines is 1. The van der Waals surface area contributed by atoms with Crippen LogP contribution in [-0.2, 0) is 16.1 Å². The van der Waals surface area contributed by atoms with Crippen molar-refractivity contribution >= 4 is 5.91 Å². The van der Waals surface area contributed by atoms with E-state index in [1.807, 2.05) is 0 Å². The number of hydrogen-bond acceptors (Lipinski definition) is 4. The van der Waals surface area contributed by atoms with Gasteiger partial charge in [-0.25, -0.2) is 4.98 Å². The minimum Gasteiger partial charge on any atom is -0.377 e. The second kappa shape index (κ2) is 5.95. The fourth-order valence-electron chi connectivity index (χ4n) is 2.42. The summed E-state index contributed by atoms with van der Waals surface area (Å²) in [5.74, 6) is 0.824. The third kappa shape index (κ3) is 2.87. The molecule has 1 aliphatic heterocycles. The molecular formula is C12H20N4O2. The Hall–Kier alpha value is -1.43. The van der Waals surface area contributed by atoms with Crippen LogP contribution in [0, 0.1) is 5.92 Å². The molecule has 0 saturated carbocycles. The fourth-order valence-corrected chi connectivity index (χ4v) is 2.42. The van der Waals surface area contributed by atoms with Crippen LogP contribution >= 0.6 is 0 Å². The molecule has 1 amide bonds. The lowest BCUT2D eigenvalue weighted by Gasteiger charge is -2.32. The molecule has 0 spiro atoms. The van der Waals surface area contributed by atoms with E-state index in [0.29, 0.717) is 12.4 Å². The number of carbonyl (C=O) groups is 1. The summed E-state index contributed by atoms with van der Waals surface area (Å²) >= 11 is 0. The second-order valence-electron chi connectivity index (χ2n) is 4.69. The molecule has 0 aromatic carbocycles. The van der Waals surface area contributed by atoms with Crippen molar-refractivity contribution in [1.29, 1.82) is 0 Å². The first-order chi connectivity index (χ1) is 8.72. The van der Waals surface area contributed by atoms with Crippen LogP contribution in [0.3, 0.4) is 0 Å². The van der Waals surface area contributed by atoms with Gasteiger partial charge >= 0.3 is 0 Å². The normalized spacial score (nSPS) is 23.9. The first-order valence-corrected chi connectivity index (χ1v) is 6.43. The molecule has 0 bridgehead atoms. The van der Waals surface area contributed by atoms with Crippen molar-refractivity contribution in [1.82, 2.24) is 20.1 Å². The SMILES string of the molecule is CCC1OCCCC1C(=O)N(C)Cc1ncn[nH]1. The van der Waals surface area contributed by atoms with Gasteiger partial charge in [-0.3, -0.25) is 9.89 Å².